The maximum Gasteiger partial charge on any atom is 0.256 e. The highest BCUT2D eigenvalue weighted by molar-refractivity contribution is 7.99. The van der Waals surface area contributed by atoms with Crippen molar-refractivity contribution in [3.63, 3.8) is 0 Å². The van der Waals surface area contributed by atoms with Gasteiger partial charge in [-0.15, -0.1) is 0 Å². The van der Waals surface area contributed by atoms with E-state index in [0.29, 0.717) is 28.8 Å². The summed E-state index contributed by atoms with van der Waals surface area (Å²) in [6, 6.07) is 18.2. The number of thioether (sulfide) groups is 1. The van der Waals surface area contributed by atoms with E-state index in [2.05, 4.69) is 21.6 Å². The van der Waals surface area contributed by atoms with Crippen LogP contribution in [0.1, 0.15) is 27.1 Å². The van der Waals surface area contributed by atoms with Crippen LogP contribution in [0.5, 0.6) is 0 Å². The number of Topliss-reactive ketones (excluding diaryl/α,β-unsaturated/α-hetero) is 1. The van der Waals surface area contributed by atoms with Crippen LogP contribution in [0.25, 0.3) is 11.1 Å². The Kier molecular flexibility index (Phi) is 7.50. The highest BCUT2D eigenvalue weighted by Crippen LogP contribution is 2.37. The van der Waals surface area contributed by atoms with E-state index in [0.717, 1.165) is 29.2 Å². The van der Waals surface area contributed by atoms with Crippen LogP contribution in [-0.4, -0.2) is 40.7 Å². The van der Waals surface area contributed by atoms with Gasteiger partial charge in [-0.1, -0.05) is 54.1 Å². The Morgan fingerprint density at radius 1 is 1.02 bits per heavy atom. The van der Waals surface area contributed by atoms with Crippen molar-refractivity contribution in [2.24, 2.45) is 5.92 Å². The van der Waals surface area contributed by atoms with Crippen molar-refractivity contribution in [1.29, 1.82) is 0 Å². The molecule has 1 amide bonds. The van der Waals surface area contributed by atoms with Crippen LogP contribution in [-0.2, 0) is 0 Å². The maximum atomic E-state index is 14.1. The molecule has 0 aromatic heterocycles. The first-order chi connectivity index (χ1) is 19.5. The number of hydrogen-bond donors (Lipinski definition) is 2. The summed E-state index contributed by atoms with van der Waals surface area (Å²) in [5.41, 5.74) is 4.73. The molecule has 40 heavy (non-hydrogen) atoms. The van der Waals surface area contributed by atoms with Crippen molar-refractivity contribution in [3.05, 3.63) is 125 Å². The Hall–Kier alpha value is -3.81. The molecule has 2 heterocycles. The van der Waals surface area contributed by atoms with Gasteiger partial charge < -0.3 is 15.5 Å². The Morgan fingerprint density at radius 2 is 1.85 bits per heavy atom. The molecule has 1 fully saturated rings. The average Bonchev–Trinajstić information content (AvgIpc) is 3.17. The number of fused-ring (bicyclic) bond motifs is 3. The first-order valence-corrected chi connectivity index (χ1v) is 14.7. The van der Waals surface area contributed by atoms with Crippen molar-refractivity contribution in [1.82, 2.24) is 10.2 Å². The van der Waals surface area contributed by atoms with E-state index in [1.54, 1.807) is 18.2 Å². The first-order valence-electron chi connectivity index (χ1n) is 13.2. The fourth-order valence-corrected chi connectivity index (χ4v) is 6.80. The molecular formula is C32H27ClFN3O2S. The summed E-state index contributed by atoms with van der Waals surface area (Å²) in [6.07, 6.45) is 8.78. The number of carbonyl (C=O) groups is 2. The van der Waals surface area contributed by atoms with E-state index in [1.165, 1.54) is 23.9 Å². The molecule has 3 aromatic rings. The molecule has 6 rings (SSSR count). The summed E-state index contributed by atoms with van der Waals surface area (Å²) in [7, 11) is 0. The second-order valence-corrected chi connectivity index (χ2v) is 11.5. The number of benzene rings is 3. The molecule has 2 unspecified atom stereocenters. The molecule has 5 nitrogen and oxygen atoms in total. The number of anilines is 1. The SMILES string of the molecule is O=C(Nc1ccc(C(=O)C2CC=CC3=CNC=C4CSCCN4C32)c(Cl)c1)c1ccc(F)cc1-c1ccccc1. The number of rotatable bonds is 5. The van der Waals surface area contributed by atoms with Crippen LogP contribution in [0.4, 0.5) is 10.1 Å². The van der Waals surface area contributed by atoms with Gasteiger partial charge in [-0.05, 0) is 59.5 Å². The van der Waals surface area contributed by atoms with Crippen LogP contribution in [0.3, 0.4) is 0 Å². The van der Waals surface area contributed by atoms with Crippen LogP contribution in [0, 0.1) is 11.7 Å². The molecule has 202 valence electrons. The molecule has 3 aromatic carbocycles. The van der Waals surface area contributed by atoms with Crippen molar-refractivity contribution in [2.75, 3.05) is 23.4 Å². The van der Waals surface area contributed by atoms with Gasteiger partial charge in [0.1, 0.15) is 5.82 Å². The molecule has 0 saturated carbocycles. The van der Waals surface area contributed by atoms with Crippen LogP contribution in [0.15, 0.2) is 103 Å². The molecule has 2 atom stereocenters. The number of carbonyl (C=O) groups excluding carboxylic acids is 2. The van der Waals surface area contributed by atoms with Crippen LogP contribution in [0.2, 0.25) is 5.02 Å². The number of amides is 1. The van der Waals surface area contributed by atoms with Crippen molar-refractivity contribution < 1.29 is 14.0 Å². The lowest BCUT2D eigenvalue weighted by Crippen LogP contribution is -2.47. The zero-order valence-electron chi connectivity index (χ0n) is 21.6. The lowest BCUT2D eigenvalue weighted by Gasteiger charge is -2.42. The summed E-state index contributed by atoms with van der Waals surface area (Å²) >= 11 is 8.56. The van der Waals surface area contributed by atoms with E-state index in [9.17, 15) is 14.0 Å². The highest BCUT2D eigenvalue weighted by Gasteiger charge is 2.39. The number of nitrogens with zero attached hydrogens (tertiary/aromatic N) is 1. The zero-order valence-corrected chi connectivity index (χ0v) is 23.1. The Bertz CT molecular complexity index is 1570. The van der Waals surface area contributed by atoms with Crippen molar-refractivity contribution in [2.45, 2.75) is 12.5 Å². The molecular weight excluding hydrogens is 545 g/mol. The third-order valence-corrected chi connectivity index (χ3v) is 8.78. The summed E-state index contributed by atoms with van der Waals surface area (Å²) < 4.78 is 14.1. The van der Waals surface area contributed by atoms with E-state index in [4.69, 9.17) is 11.6 Å². The van der Waals surface area contributed by atoms with Gasteiger partial charge in [-0.3, -0.25) is 9.59 Å². The fraction of sp³-hybridized carbons (Fsp3) is 0.188. The normalized spacial score (nSPS) is 19.8. The Labute approximate surface area is 241 Å². The van der Waals surface area contributed by atoms with Crippen molar-refractivity contribution in [3.8, 4) is 11.1 Å². The van der Waals surface area contributed by atoms with Crippen molar-refractivity contribution >= 4 is 40.7 Å². The predicted octanol–water partition coefficient (Wildman–Crippen LogP) is 6.90. The smallest absolute Gasteiger partial charge is 0.256 e. The largest absolute Gasteiger partial charge is 0.366 e. The Morgan fingerprint density at radius 3 is 2.67 bits per heavy atom. The van der Waals surface area contributed by atoms with E-state index < -0.39 is 11.7 Å². The quantitative estimate of drug-likeness (QED) is 0.326. The number of ketones is 1. The molecule has 0 radical (unpaired) electrons. The molecule has 3 aliphatic rings. The number of halogens is 2. The third-order valence-electron chi connectivity index (χ3n) is 7.49. The molecule has 1 aliphatic carbocycles. The fourth-order valence-electron chi connectivity index (χ4n) is 5.60. The molecule has 1 saturated heterocycles. The van der Waals surface area contributed by atoms with Gasteiger partial charge >= 0.3 is 0 Å². The van der Waals surface area contributed by atoms with Gasteiger partial charge in [0.05, 0.1) is 17.0 Å². The molecule has 2 aliphatic heterocycles. The monoisotopic (exact) mass is 571 g/mol. The van der Waals surface area contributed by atoms with E-state index >= 15 is 0 Å². The topological polar surface area (TPSA) is 61.4 Å². The summed E-state index contributed by atoms with van der Waals surface area (Å²) in [5.74, 6) is 0.799. The molecule has 8 heteroatoms. The molecule has 0 bridgehead atoms. The van der Waals surface area contributed by atoms with Crippen LogP contribution < -0.4 is 10.6 Å². The predicted molar refractivity (Wildman–Crippen MR) is 160 cm³/mol. The lowest BCUT2D eigenvalue weighted by molar-refractivity contribution is 0.0850. The molecule has 2 N–H and O–H groups in total. The highest BCUT2D eigenvalue weighted by atomic mass is 35.5. The van der Waals surface area contributed by atoms with Gasteiger partial charge in [0.2, 0.25) is 0 Å². The number of allylic oxidation sites excluding steroid dienone is 1. The second-order valence-electron chi connectivity index (χ2n) is 9.95. The number of nitrogens with one attached hydrogen (secondary N) is 2. The number of hydrogen-bond acceptors (Lipinski definition) is 5. The third kappa shape index (κ3) is 5.19. The summed E-state index contributed by atoms with van der Waals surface area (Å²) in [6.45, 7) is 0.880. The zero-order chi connectivity index (χ0) is 27.6. The summed E-state index contributed by atoms with van der Waals surface area (Å²) in [5, 5.41) is 6.43. The Balaban J connectivity index is 1.24. The van der Waals surface area contributed by atoms with Gasteiger partial charge in [0.25, 0.3) is 5.91 Å². The lowest BCUT2D eigenvalue weighted by atomic mass is 9.79. The maximum absolute atomic E-state index is 14.1. The van der Waals surface area contributed by atoms with Crippen LogP contribution >= 0.6 is 23.4 Å². The summed E-state index contributed by atoms with van der Waals surface area (Å²) in [4.78, 5) is 29.5. The first kappa shape index (κ1) is 26.4. The molecule has 0 spiro atoms. The standard InChI is InChI=1S/C32H27ClFN3O2S/c33-29-16-23(36-32(39)25-11-9-22(34)15-28(25)20-5-2-1-3-6-20)10-12-26(29)31(38)27-8-4-7-21-17-35-18-24-19-40-14-13-37(24)30(21)27/h1-7,9-12,15-18,27,30,35H,8,13-14,19H2,(H,36,39). The van der Waals surface area contributed by atoms with Gasteiger partial charge in [0.15, 0.2) is 5.78 Å². The van der Waals surface area contributed by atoms with Gasteiger partial charge in [0, 0.05) is 53.0 Å². The minimum absolute atomic E-state index is 0.0208. The minimum atomic E-state index is -0.424. The minimum Gasteiger partial charge on any atom is -0.366 e. The van der Waals surface area contributed by atoms with Gasteiger partial charge in [-0.25, -0.2) is 4.39 Å². The van der Waals surface area contributed by atoms with E-state index in [1.807, 2.05) is 60.6 Å². The second kappa shape index (κ2) is 11.4. The average molecular weight is 572 g/mol. The van der Waals surface area contributed by atoms with E-state index in [-0.39, 0.29) is 22.8 Å². The van der Waals surface area contributed by atoms with Gasteiger partial charge in [-0.2, -0.15) is 11.8 Å².